The molecule has 1 aromatic rings. The van der Waals surface area contributed by atoms with Crippen molar-refractivity contribution in [2.45, 2.75) is 6.17 Å². The number of rotatable bonds is 2. The lowest BCUT2D eigenvalue weighted by Gasteiger charge is -2.02. The molecule has 1 unspecified atom stereocenters. The molecule has 1 aromatic carbocycles. The van der Waals surface area contributed by atoms with Crippen LogP contribution in [0.4, 0.5) is 5.69 Å². The average Bonchev–Trinajstić information content (AvgIpc) is 2.63. The summed E-state index contributed by atoms with van der Waals surface area (Å²) in [6.45, 7) is 0.487. The molecule has 3 N–H and O–H groups in total. The number of nitrogens with zero attached hydrogens (tertiary/aromatic N) is 3. The number of nitrogens with two attached hydrogens (primary N) is 1. The second-order valence-electron chi connectivity index (χ2n) is 2.94. The highest BCUT2D eigenvalue weighted by atomic mass is 15.3. The lowest BCUT2D eigenvalue weighted by molar-refractivity contribution is 0.889. The molecule has 1 atom stereocenters. The third-order valence-electron chi connectivity index (χ3n) is 1.88. The monoisotopic (exact) mass is 189 g/mol. The highest BCUT2D eigenvalue weighted by Gasteiger charge is 2.14. The zero-order chi connectivity index (χ0) is 9.80. The molecule has 0 radical (unpaired) electrons. The fraction of sp³-hybridized carbons (Fsp3) is 0.222. The van der Waals surface area contributed by atoms with Crippen LogP contribution in [0.25, 0.3) is 0 Å². The lowest BCUT2D eigenvalue weighted by atomic mass is 10.3. The van der Waals surface area contributed by atoms with Gasteiger partial charge < -0.3 is 5.73 Å². The van der Waals surface area contributed by atoms with Gasteiger partial charge >= 0.3 is 0 Å². The Labute approximate surface area is 81.7 Å². The zero-order valence-corrected chi connectivity index (χ0v) is 7.59. The van der Waals surface area contributed by atoms with Crippen molar-refractivity contribution in [3.05, 3.63) is 30.3 Å². The van der Waals surface area contributed by atoms with Gasteiger partial charge in [-0.05, 0) is 12.1 Å². The Morgan fingerprint density at radius 1 is 1.36 bits per heavy atom. The van der Waals surface area contributed by atoms with Crippen LogP contribution in [0.15, 0.2) is 45.7 Å². The fourth-order valence-corrected chi connectivity index (χ4v) is 1.11. The van der Waals surface area contributed by atoms with Crippen LogP contribution in [0, 0.1) is 0 Å². The summed E-state index contributed by atoms with van der Waals surface area (Å²) in [6, 6.07) is 9.68. The van der Waals surface area contributed by atoms with Crippen LogP contribution in [0.3, 0.4) is 0 Å². The Bertz CT molecular complexity index is 357. The van der Waals surface area contributed by atoms with E-state index >= 15 is 0 Å². The largest absolute Gasteiger partial charge is 0.303 e. The van der Waals surface area contributed by atoms with Gasteiger partial charge in [-0.2, -0.15) is 15.3 Å². The predicted molar refractivity (Wildman–Crippen MR) is 55.2 cm³/mol. The summed E-state index contributed by atoms with van der Waals surface area (Å²) in [7, 11) is 0. The molecular weight excluding hydrogens is 178 g/mol. The highest BCUT2D eigenvalue weighted by molar-refractivity contribution is 5.92. The average molecular weight is 189 g/mol. The Hall–Kier alpha value is -1.75. The third kappa shape index (κ3) is 1.94. The molecule has 5 heteroatoms. The second kappa shape index (κ2) is 3.97. The normalized spacial score (nSPS) is 22.9. The van der Waals surface area contributed by atoms with E-state index in [1.165, 1.54) is 0 Å². The van der Waals surface area contributed by atoms with Crippen LogP contribution >= 0.6 is 0 Å². The third-order valence-corrected chi connectivity index (χ3v) is 1.88. The van der Waals surface area contributed by atoms with Crippen molar-refractivity contribution in [3.8, 4) is 0 Å². The molecule has 14 heavy (non-hydrogen) atoms. The van der Waals surface area contributed by atoms with Crippen molar-refractivity contribution in [2.24, 2.45) is 21.1 Å². The molecule has 0 saturated carbocycles. The minimum absolute atomic E-state index is 0.383. The van der Waals surface area contributed by atoms with Crippen molar-refractivity contribution in [3.63, 3.8) is 0 Å². The molecule has 0 aromatic heterocycles. The summed E-state index contributed by atoms with van der Waals surface area (Å²) in [5, 5.41) is 11.7. The molecule has 0 spiro atoms. The van der Waals surface area contributed by atoms with E-state index in [-0.39, 0.29) is 6.17 Å². The zero-order valence-electron chi connectivity index (χ0n) is 7.59. The molecule has 0 aliphatic carbocycles. The lowest BCUT2D eigenvalue weighted by Crippen LogP contribution is -2.26. The van der Waals surface area contributed by atoms with E-state index in [1.807, 2.05) is 30.3 Å². The van der Waals surface area contributed by atoms with Gasteiger partial charge in [0.15, 0.2) is 6.17 Å². The number of azo groups is 1. The van der Waals surface area contributed by atoms with Crippen molar-refractivity contribution in [1.29, 1.82) is 0 Å². The minimum Gasteiger partial charge on any atom is -0.303 e. The smallest absolute Gasteiger partial charge is 0.161 e. The highest BCUT2D eigenvalue weighted by Crippen LogP contribution is 2.06. The molecule has 1 aliphatic heterocycles. The number of benzene rings is 1. The summed E-state index contributed by atoms with van der Waals surface area (Å²) >= 11 is 0. The maximum absolute atomic E-state index is 5.61. The Morgan fingerprint density at radius 2 is 2.14 bits per heavy atom. The first-order valence-corrected chi connectivity index (χ1v) is 4.36. The van der Waals surface area contributed by atoms with E-state index in [9.17, 15) is 0 Å². The molecule has 1 heterocycles. The van der Waals surface area contributed by atoms with E-state index in [0.717, 1.165) is 11.4 Å². The first kappa shape index (κ1) is 8.83. The Kier molecular flexibility index (Phi) is 2.51. The van der Waals surface area contributed by atoms with Gasteiger partial charge in [0.25, 0.3) is 0 Å². The summed E-state index contributed by atoms with van der Waals surface area (Å²) in [6.07, 6.45) is -0.383. The van der Waals surface area contributed by atoms with Gasteiger partial charge in [0, 0.05) is 0 Å². The van der Waals surface area contributed by atoms with Gasteiger partial charge in [0.05, 0.1) is 5.69 Å². The number of hydrogen-bond donors (Lipinski definition) is 2. The van der Waals surface area contributed by atoms with E-state index in [4.69, 9.17) is 5.73 Å². The number of anilines is 1. The molecule has 1 aliphatic rings. The molecular formula is C9H11N5. The molecule has 0 bridgehead atoms. The van der Waals surface area contributed by atoms with Crippen molar-refractivity contribution < 1.29 is 0 Å². The Morgan fingerprint density at radius 3 is 2.79 bits per heavy atom. The van der Waals surface area contributed by atoms with E-state index in [1.54, 1.807) is 0 Å². The topological polar surface area (TPSA) is 75.1 Å². The van der Waals surface area contributed by atoms with E-state index in [0.29, 0.717) is 6.54 Å². The Balaban J connectivity index is 2.00. The SMILES string of the molecule is NC1N=NC/C1=N\Nc1ccccc1. The maximum atomic E-state index is 5.61. The quantitative estimate of drug-likeness (QED) is 0.686. The number of para-hydroxylation sites is 1. The molecule has 5 nitrogen and oxygen atoms in total. The van der Waals surface area contributed by atoms with Gasteiger partial charge in [-0.1, -0.05) is 18.2 Å². The van der Waals surface area contributed by atoms with Crippen LogP contribution in [0.5, 0.6) is 0 Å². The number of nitrogens with one attached hydrogen (secondary N) is 1. The van der Waals surface area contributed by atoms with Gasteiger partial charge in [0.1, 0.15) is 12.3 Å². The van der Waals surface area contributed by atoms with Crippen molar-refractivity contribution in [2.75, 3.05) is 12.0 Å². The minimum atomic E-state index is -0.383. The molecule has 2 rings (SSSR count). The summed E-state index contributed by atoms with van der Waals surface area (Å²) in [5.41, 5.74) is 10.2. The standard InChI is InChI=1S/C9H11N5/c10-9-8(6-11-14-9)13-12-7-4-2-1-3-5-7/h1-5,9,12H,6,10H2/b13-8+. The first-order valence-electron chi connectivity index (χ1n) is 4.36. The first-order chi connectivity index (χ1) is 6.86. The molecule has 72 valence electrons. The second-order valence-corrected chi connectivity index (χ2v) is 2.94. The van der Waals surface area contributed by atoms with Gasteiger partial charge in [-0.15, -0.1) is 0 Å². The van der Waals surface area contributed by atoms with E-state index < -0.39 is 0 Å². The van der Waals surface area contributed by atoms with Crippen molar-refractivity contribution >= 4 is 11.4 Å². The number of hydrogen-bond acceptors (Lipinski definition) is 5. The molecule has 0 amide bonds. The predicted octanol–water partition coefficient (Wildman–Crippen LogP) is 1.21. The van der Waals surface area contributed by atoms with Gasteiger partial charge in [0.2, 0.25) is 0 Å². The van der Waals surface area contributed by atoms with Gasteiger partial charge in [-0.3, -0.25) is 5.43 Å². The van der Waals surface area contributed by atoms with Crippen LogP contribution in [0.1, 0.15) is 0 Å². The summed E-state index contributed by atoms with van der Waals surface area (Å²) in [5.74, 6) is 0. The van der Waals surface area contributed by atoms with Crippen LogP contribution in [-0.4, -0.2) is 18.4 Å². The van der Waals surface area contributed by atoms with Crippen LogP contribution < -0.4 is 11.2 Å². The maximum Gasteiger partial charge on any atom is 0.161 e. The van der Waals surface area contributed by atoms with Crippen molar-refractivity contribution in [1.82, 2.24) is 0 Å². The summed E-state index contributed by atoms with van der Waals surface area (Å²) < 4.78 is 0. The number of hydrazone groups is 1. The van der Waals surface area contributed by atoms with Gasteiger partial charge in [-0.25, -0.2) is 0 Å². The molecule has 0 fully saturated rings. The van der Waals surface area contributed by atoms with Crippen LogP contribution in [-0.2, 0) is 0 Å². The summed E-state index contributed by atoms with van der Waals surface area (Å²) in [4.78, 5) is 0. The molecule has 0 saturated heterocycles. The van der Waals surface area contributed by atoms with E-state index in [2.05, 4.69) is 20.8 Å². The fourth-order valence-electron chi connectivity index (χ4n) is 1.11. The van der Waals surface area contributed by atoms with Crippen LogP contribution in [0.2, 0.25) is 0 Å².